The van der Waals surface area contributed by atoms with E-state index in [0.29, 0.717) is 13.1 Å². The quantitative estimate of drug-likeness (QED) is 0.799. The Morgan fingerprint density at radius 2 is 1.77 bits per heavy atom. The summed E-state index contributed by atoms with van der Waals surface area (Å²) in [6.07, 6.45) is 0.967. The number of carbonyl (C=O) groups is 1. The minimum absolute atomic E-state index is 0.0417. The summed E-state index contributed by atoms with van der Waals surface area (Å²) in [6.45, 7) is 12.9. The van der Waals surface area contributed by atoms with Crippen molar-refractivity contribution in [1.82, 2.24) is 20.2 Å². The Kier molecular flexibility index (Phi) is 5.88. The molecular formula is C24H33N5O2. The van der Waals surface area contributed by atoms with Crippen molar-refractivity contribution < 1.29 is 9.53 Å². The third kappa shape index (κ3) is 4.98. The molecule has 0 bridgehead atoms. The van der Waals surface area contributed by atoms with Crippen LogP contribution in [0, 0.1) is 0 Å². The van der Waals surface area contributed by atoms with Gasteiger partial charge < -0.3 is 19.9 Å². The van der Waals surface area contributed by atoms with E-state index in [1.54, 1.807) is 0 Å². The molecule has 2 aromatic rings. The van der Waals surface area contributed by atoms with Crippen LogP contribution < -0.4 is 10.2 Å². The Balaban J connectivity index is 1.72. The van der Waals surface area contributed by atoms with E-state index >= 15 is 0 Å². The average Bonchev–Trinajstić information content (AvgIpc) is 2.71. The van der Waals surface area contributed by atoms with Crippen molar-refractivity contribution in [2.75, 3.05) is 24.5 Å². The zero-order valence-electron chi connectivity index (χ0n) is 19.2. The molecule has 0 spiro atoms. The average molecular weight is 424 g/mol. The van der Waals surface area contributed by atoms with E-state index in [2.05, 4.69) is 24.1 Å². The predicted octanol–water partition coefficient (Wildman–Crippen LogP) is 3.62. The van der Waals surface area contributed by atoms with Crippen LogP contribution in [0.5, 0.6) is 0 Å². The molecule has 1 N–H and O–H groups in total. The van der Waals surface area contributed by atoms with Crippen molar-refractivity contribution in [3.05, 3.63) is 41.6 Å². The standard InChI is InChI=1S/C24H33N5O2/c1-16-13-29(14-17(2)31-16)22-19-15-28(23(30)27-24(3,4)5)12-11-20(19)25-21(26-22)18-9-7-6-8-10-18/h6-10,16-17H,11-15H2,1-5H3,(H,27,30)/t16-,17-/m1/s1. The number of amides is 2. The summed E-state index contributed by atoms with van der Waals surface area (Å²) in [5.74, 6) is 1.67. The normalized spacial score (nSPS) is 21.6. The van der Waals surface area contributed by atoms with E-state index in [-0.39, 0.29) is 23.8 Å². The number of aromatic nitrogens is 2. The molecule has 7 nitrogen and oxygen atoms in total. The molecule has 0 saturated carbocycles. The number of morpholine rings is 1. The number of hydrogen-bond acceptors (Lipinski definition) is 5. The molecule has 1 fully saturated rings. The molecule has 7 heteroatoms. The third-order valence-corrected chi connectivity index (χ3v) is 5.56. The summed E-state index contributed by atoms with van der Waals surface area (Å²) < 4.78 is 5.95. The van der Waals surface area contributed by atoms with Gasteiger partial charge in [0.05, 0.1) is 24.4 Å². The van der Waals surface area contributed by atoms with Gasteiger partial charge in [-0.3, -0.25) is 0 Å². The zero-order valence-corrected chi connectivity index (χ0v) is 19.2. The highest BCUT2D eigenvalue weighted by Gasteiger charge is 2.31. The van der Waals surface area contributed by atoms with Crippen LogP contribution in [0.15, 0.2) is 30.3 Å². The van der Waals surface area contributed by atoms with Gasteiger partial charge in [-0.25, -0.2) is 14.8 Å². The monoisotopic (exact) mass is 423 g/mol. The van der Waals surface area contributed by atoms with Gasteiger partial charge in [0, 0.05) is 42.7 Å². The van der Waals surface area contributed by atoms with Gasteiger partial charge in [0.25, 0.3) is 0 Å². The molecule has 1 aromatic heterocycles. The van der Waals surface area contributed by atoms with Crippen LogP contribution in [0.1, 0.15) is 45.9 Å². The van der Waals surface area contributed by atoms with E-state index in [0.717, 1.165) is 48.0 Å². The summed E-state index contributed by atoms with van der Waals surface area (Å²) in [7, 11) is 0. The second-order valence-corrected chi connectivity index (χ2v) is 9.68. The van der Waals surface area contributed by atoms with Crippen LogP contribution >= 0.6 is 0 Å². The van der Waals surface area contributed by atoms with Gasteiger partial charge in [0.1, 0.15) is 5.82 Å². The first-order chi connectivity index (χ1) is 14.7. The number of nitrogens with zero attached hydrogens (tertiary/aromatic N) is 4. The molecule has 166 valence electrons. The number of fused-ring (bicyclic) bond motifs is 1. The fraction of sp³-hybridized carbons (Fsp3) is 0.542. The first kappa shape index (κ1) is 21.6. The largest absolute Gasteiger partial charge is 0.372 e. The molecule has 2 aliphatic heterocycles. The third-order valence-electron chi connectivity index (χ3n) is 5.56. The van der Waals surface area contributed by atoms with E-state index in [1.807, 2.05) is 56.0 Å². The van der Waals surface area contributed by atoms with Crippen LogP contribution in [0.4, 0.5) is 10.6 Å². The Morgan fingerprint density at radius 1 is 1.10 bits per heavy atom. The summed E-state index contributed by atoms with van der Waals surface area (Å²) in [5, 5.41) is 3.08. The van der Waals surface area contributed by atoms with Crippen molar-refractivity contribution in [2.45, 2.75) is 65.3 Å². The minimum Gasteiger partial charge on any atom is -0.372 e. The van der Waals surface area contributed by atoms with Gasteiger partial charge in [-0.1, -0.05) is 30.3 Å². The van der Waals surface area contributed by atoms with Crippen molar-refractivity contribution in [2.24, 2.45) is 0 Å². The van der Waals surface area contributed by atoms with Crippen molar-refractivity contribution in [3.8, 4) is 11.4 Å². The predicted molar refractivity (Wildman–Crippen MR) is 122 cm³/mol. The lowest BCUT2D eigenvalue weighted by Crippen LogP contribution is -2.50. The maximum Gasteiger partial charge on any atom is 0.318 e. The van der Waals surface area contributed by atoms with E-state index in [1.165, 1.54) is 0 Å². The fourth-order valence-electron chi connectivity index (χ4n) is 4.30. The number of ether oxygens (including phenoxy) is 1. The summed E-state index contributed by atoms with van der Waals surface area (Å²) >= 11 is 0. The highest BCUT2D eigenvalue weighted by Crippen LogP contribution is 2.31. The van der Waals surface area contributed by atoms with Crippen LogP contribution in [-0.4, -0.2) is 58.3 Å². The first-order valence-electron chi connectivity index (χ1n) is 11.1. The molecule has 2 aliphatic rings. The first-order valence-corrected chi connectivity index (χ1v) is 11.1. The Bertz CT molecular complexity index is 931. The lowest BCUT2D eigenvalue weighted by Gasteiger charge is -2.39. The molecule has 1 aromatic carbocycles. The van der Waals surface area contributed by atoms with Crippen molar-refractivity contribution >= 4 is 11.8 Å². The fourth-order valence-corrected chi connectivity index (χ4v) is 4.30. The topological polar surface area (TPSA) is 70.6 Å². The molecule has 4 rings (SSSR count). The summed E-state index contributed by atoms with van der Waals surface area (Å²) in [6, 6.07) is 10.1. The maximum absolute atomic E-state index is 12.8. The number of hydrogen-bond donors (Lipinski definition) is 1. The second kappa shape index (κ2) is 8.46. The van der Waals surface area contributed by atoms with Gasteiger partial charge >= 0.3 is 6.03 Å². The van der Waals surface area contributed by atoms with Gasteiger partial charge in [-0.15, -0.1) is 0 Å². The van der Waals surface area contributed by atoms with Gasteiger partial charge in [-0.05, 0) is 34.6 Å². The number of urea groups is 1. The number of anilines is 1. The number of carbonyl (C=O) groups excluding carboxylic acids is 1. The van der Waals surface area contributed by atoms with Gasteiger partial charge in [0.15, 0.2) is 5.82 Å². The number of nitrogens with one attached hydrogen (secondary N) is 1. The highest BCUT2D eigenvalue weighted by atomic mass is 16.5. The van der Waals surface area contributed by atoms with Crippen LogP contribution in [0.2, 0.25) is 0 Å². The van der Waals surface area contributed by atoms with Crippen LogP contribution in [0.25, 0.3) is 11.4 Å². The van der Waals surface area contributed by atoms with E-state index in [4.69, 9.17) is 14.7 Å². The lowest BCUT2D eigenvalue weighted by molar-refractivity contribution is -0.00556. The van der Waals surface area contributed by atoms with Crippen LogP contribution in [-0.2, 0) is 17.7 Å². The van der Waals surface area contributed by atoms with Gasteiger partial charge in [0.2, 0.25) is 0 Å². The molecular weight excluding hydrogens is 390 g/mol. The molecule has 2 atom stereocenters. The molecule has 1 saturated heterocycles. The molecule has 0 unspecified atom stereocenters. The Labute approximate surface area is 184 Å². The minimum atomic E-state index is -0.275. The molecule has 3 heterocycles. The van der Waals surface area contributed by atoms with Crippen LogP contribution in [0.3, 0.4) is 0 Å². The smallest absolute Gasteiger partial charge is 0.318 e. The number of rotatable bonds is 2. The molecule has 31 heavy (non-hydrogen) atoms. The van der Waals surface area contributed by atoms with E-state index in [9.17, 15) is 4.79 Å². The van der Waals surface area contributed by atoms with Gasteiger partial charge in [-0.2, -0.15) is 0 Å². The van der Waals surface area contributed by atoms with Crippen molar-refractivity contribution in [1.29, 1.82) is 0 Å². The SMILES string of the molecule is C[C@@H]1CN(c2nc(-c3ccccc3)nc3c2CN(C(=O)NC(C)(C)C)CC3)C[C@@H](C)O1. The summed E-state index contributed by atoms with van der Waals surface area (Å²) in [5.41, 5.74) is 2.82. The second-order valence-electron chi connectivity index (χ2n) is 9.68. The highest BCUT2D eigenvalue weighted by molar-refractivity contribution is 5.76. The maximum atomic E-state index is 12.8. The number of benzene rings is 1. The summed E-state index contributed by atoms with van der Waals surface area (Å²) in [4.78, 5) is 27.0. The lowest BCUT2D eigenvalue weighted by atomic mass is 10.0. The van der Waals surface area contributed by atoms with E-state index < -0.39 is 0 Å². The van der Waals surface area contributed by atoms with Crippen molar-refractivity contribution in [3.63, 3.8) is 0 Å². The molecule has 2 amide bonds. The Morgan fingerprint density at radius 3 is 2.42 bits per heavy atom. The molecule has 0 aliphatic carbocycles. The Hall–Kier alpha value is -2.67. The molecule has 0 radical (unpaired) electrons. The zero-order chi connectivity index (χ0) is 22.2.